The van der Waals surface area contributed by atoms with Gasteiger partial charge in [-0.2, -0.15) is 0 Å². The number of hydrogen-bond donors (Lipinski definition) is 2. The summed E-state index contributed by atoms with van der Waals surface area (Å²) >= 11 is 0. The minimum absolute atomic E-state index is 0.0660. The van der Waals surface area contributed by atoms with Crippen molar-refractivity contribution in [3.05, 3.63) is 71.0 Å². The molecule has 0 unspecified atom stereocenters. The van der Waals surface area contributed by atoms with Gasteiger partial charge in [0.25, 0.3) is 15.9 Å². The zero-order valence-corrected chi connectivity index (χ0v) is 15.9. The second kappa shape index (κ2) is 7.24. The molecule has 0 bridgehead atoms. The Morgan fingerprint density at radius 1 is 1.00 bits per heavy atom. The number of carbonyl (C=O) groups excluding carboxylic acids is 1. The van der Waals surface area contributed by atoms with Gasteiger partial charge in [-0.15, -0.1) is 0 Å². The number of nitrogens with zero attached hydrogens (tertiary/aromatic N) is 1. The van der Waals surface area contributed by atoms with Crippen molar-refractivity contribution in [3.63, 3.8) is 0 Å². The number of nitrogens with one attached hydrogen (secondary N) is 2. The molecule has 3 aromatic rings. The highest BCUT2D eigenvalue weighted by Crippen LogP contribution is 2.21. The summed E-state index contributed by atoms with van der Waals surface area (Å²) in [6.45, 7) is 5.49. The Morgan fingerprint density at radius 3 is 2.30 bits per heavy atom. The molecule has 0 spiro atoms. The summed E-state index contributed by atoms with van der Waals surface area (Å²) in [5.41, 5.74) is 2.70. The van der Waals surface area contributed by atoms with Crippen LogP contribution in [0.3, 0.4) is 0 Å². The van der Waals surface area contributed by atoms with Gasteiger partial charge in [0.05, 0.1) is 10.6 Å². The number of carbonyl (C=O) groups is 1. The van der Waals surface area contributed by atoms with E-state index in [0.717, 1.165) is 11.1 Å². The maximum Gasteiger partial charge on any atom is 0.261 e. The fourth-order valence-corrected chi connectivity index (χ4v) is 3.66. The van der Waals surface area contributed by atoms with Gasteiger partial charge in [-0.05, 0) is 56.7 Å². The maximum absolute atomic E-state index is 12.6. The normalized spacial score (nSPS) is 11.2. The summed E-state index contributed by atoms with van der Waals surface area (Å²) in [6, 6.07) is 12.7. The Kier molecular flexibility index (Phi) is 5.00. The number of benzene rings is 2. The molecule has 0 aliphatic heterocycles. The van der Waals surface area contributed by atoms with Gasteiger partial charge in [-0.25, -0.2) is 8.42 Å². The molecule has 0 saturated carbocycles. The lowest BCUT2D eigenvalue weighted by Crippen LogP contribution is -2.15. The van der Waals surface area contributed by atoms with Crippen LogP contribution in [-0.2, 0) is 10.0 Å². The van der Waals surface area contributed by atoms with Crippen LogP contribution in [0.2, 0.25) is 0 Å². The number of hydrogen-bond acceptors (Lipinski definition) is 5. The van der Waals surface area contributed by atoms with E-state index < -0.39 is 15.9 Å². The van der Waals surface area contributed by atoms with Crippen LogP contribution in [0.5, 0.6) is 0 Å². The molecule has 2 aromatic carbocycles. The monoisotopic (exact) mass is 385 g/mol. The zero-order valence-electron chi connectivity index (χ0n) is 15.1. The predicted octanol–water partition coefficient (Wildman–Crippen LogP) is 3.65. The quantitative estimate of drug-likeness (QED) is 0.698. The molecule has 8 heteroatoms. The Balaban J connectivity index is 1.76. The number of anilines is 2. The third-order valence-corrected chi connectivity index (χ3v) is 5.30. The molecule has 27 heavy (non-hydrogen) atoms. The van der Waals surface area contributed by atoms with E-state index in [4.69, 9.17) is 4.52 Å². The fraction of sp³-hybridized carbons (Fsp3) is 0.158. The number of amides is 1. The van der Waals surface area contributed by atoms with Crippen LogP contribution in [0, 0.1) is 20.8 Å². The summed E-state index contributed by atoms with van der Waals surface area (Å²) in [6.07, 6.45) is 0. The standard InChI is InChI=1S/C19H19N3O4S/c1-12-4-9-17(13(2)10-12)22-27(24,25)16-7-5-15(6-8-16)19(23)20-18-11-14(3)26-21-18/h4-11,22H,1-3H3,(H,20,21,23). The van der Waals surface area contributed by atoms with Gasteiger partial charge in [-0.3, -0.25) is 9.52 Å². The third kappa shape index (κ3) is 4.35. The first-order chi connectivity index (χ1) is 12.7. The van der Waals surface area contributed by atoms with Gasteiger partial charge < -0.3 is 9.84 Å². The van der Waals surface area contributed by atoms with Gasteiger partial charge in [0.1, 0.15) is 5.76 Å². The van der Waals surface area contributed by atoms with Crippen molar-refractivity contribution in [1.29, 1.82) is 0 Å². The van der Waals surface area contributed by atoms with Crippen molar-refractivity contribution < 1.29 is 17.7 Å². The number of aryl methyl sites for hydroxylation is 3. The molecule has 0 aliphatic carbocycles. The Bertz CT molecular complexity index is 1090. The summed E-state index contributed by atoms with van der Waals surface area (Å²) in [5.74, 6) is 0.463. The first-order valence-corrected chi connectivity index (χ1v) is 9.68. The second-order valence-corrected chi connectivity index (χ2v) is 7.91. The highest BCUT2D eigenvalue weighted by molar-refractivity contribution is 7.92. The van der Waals surface area contributed by atoms with E-state index in [0.29, 0.717) is 22.8 Å². The first-order valence-electron chi connectivity index (χ1n) is 8.19. The lowest BCUT2D eigenvalue weighted by atomic mass is 10.1. The van der Waals surface area contributed by atoms with Gasteiger partial charge in [0.2, 0.25) is 0 Å². The van der Waals surface area contributed by atoms with Crippen LogP contribution in [0.1, 0.15) is 27.2 Å². The van der Waals surface area contributed by atoms with Crippen molar-refractivity contribution in [2.45, 2.75) is 25.7 Å². The minimum Gasteiger partial charge on any atom is -0.360 e. The SMILES string of the molecule is Cc1ccc(NS(=O)(=O)c2ccc(C(=O)Nc3cc(C)on3)cc2)c(C)c1. The van der Waals surface area contributed by atoms with Gasteiger partial charge >= 0.3 is 0 Å². The number of sulfonamides is 1. The molecule has 0 saturated heterocycles. The van der Waals surface area contributed by atoms with Crippen molar-refractivity contribution >= 4 is 27.4 Å². The van der Waals surface area contributed by atoms with E-state index in [1.165, 1.54) is 24.3 Å². The predicted molar refractivity (Wildman–Crippen MR) is 102 cm³/mol. The fourth-order valence-electron chi connectivity index (χ4n) is 2.53. The van der Waals surface area contributed by atoms with E-state index in [1.807, 2.05) is 26.0 Å². The van der Waals surface area contributed by atoms with E-state index in [-0.39, 0.29) is 4.90 Å². The van der Waals surface area contributed by atoms with Crippen molar-refractivity contribution in [3.8, 4) is 0 Å². The molecule has 2 N–H and O–H groups in total. The smallest absolute Gasteiger partial charge is 0.261 e. The molecule has 1 heterocycles. The van der Waals surface area contributed by atoms with Crippen LogP contribution < -0.4 is 10.0 Å². The highest BCUT2D eigenvalue weighted by atomic mass is 32.2. The lowest BCUT2D eigenvalue weighted by molar-refractivity contribution is 0.102. The maximum atomic E-state index is 12.6. The summed E-state index contributed by atoms with van der Waals surface area (Å²) in [5, 5.41) is 6.27. The Labute approximate surface area is 157 Å². The van der Waals surface area contributed by atoms with Crippen LogP contribution in [-0.4, -0.2) is 19.5 Å². The summed E-state index contributed by atoms with van der Waals surface area (Å²) in [4.78, 5) is 12.3. The Hall–Kier alpha value is -3.13. The van der Waals surface area contributed by atoms with E-state index in [1.54, 1.807) is 19.1 Å². The highest BCUT2D eigenvalue weighted by Gasteiger charge is 2.16. The van der Waals surface area contributed by atoms with E-state index in [2.05, 4.69) is 15.2 Å². The largest absolute Gasteiger partial charge is 0.360 e. The summed E-state index contributed by atoms with van der Waals surface area (Å²) in [7, 11) is -3.76. The molecule has 0 aliphatic rings. The van der Waals surface area contributed by atoms with Gasteiger partial charge in [-0.1, -0.05) is 22.9 Å². The average molecular weight is 385 g/mol. The van der Waals surface area contributed by atoms with Crippen LogP contribution in [0.25, 0.3) is 0 Å². The lowest BCUT2D eigenvalue weighted by Gasteiger charge is -2.11. The molecule has 0 radical (unpaired) electrons. The topological polar surface area (TPSA) is 101 Å². The number of rotatable bonds is 5. The summed E-state index contributed by atoms with van der Waals surface area (Å²) < 4.78 is 32.6. The molecular weight excluding hydrogens is 366 g/mol. The van der Waals surface area contributed by atoms with Crippen LogP contribution in [0.4, 0.5) is 11.5 Å². The van der Waals surface area contributed by atoms with E-state index >= 15 is 0 Å². The number of aromatic nitrogens is 1. The molecule has 3 rings (SSSR count). The molecule has 1 amide bonds. The molecule has 1 aromatic heterocycles. The van der Waals surface area contributed by atoms with Gasteiger partial charge in [0, 0.05) is 11.6 Å². The first kappa shape index (κ1) is 18.7. The zero-order chi connectivity index (χ0) is 19.6. The third-order valence-electron chi connectivity index (χ3n) is 3.92. The van der Waals surface area contributed by atoms with Crippen LogP contribution >= 0.6 is 0 Å². The molecule has 140 valence electrons. The molecule has 0 fully saturated rings. The molecule has 7 nitrogen and oxygen atoms in total. The molecular formula is C19H19N3O4S. The van der Waals surface area contributed by atoms with Crippen molar-refractivity contribution in [2.24, 2.45) is 0 Å². The van der Waals surface area contributed by atoms with Crippen molar-refractivity contribution in [1.82, 2.24) is 5.16 Å². The van der Waals surface area contributed by atoms with Gasteiger partial charge in [0.15, 0.2) is 5.82 Å². The minimum atomic E-state index is -3.76. The second-order valence-electron chi connectivity index (χ2n) is 6.23. The average Bonchev–Trinajstić information content (AvgIpc) is 3.02. The van der Waals surface area contributed by atoms with Crippen molar-refractivity contribution in [2.75, 3.05) is 10.0 Å². The van der Waals surface area contributed by atoms with E-state index in [9.17, 15) is 13.2 Å². The Morgan fingerprint density at radius 2 is 1.70 bits per heavy atom. The van der Waals surface area contributed by atoms with Crippen LogP contribution in [0.15, 0.2) is 57.9 Å². The molecule has 0 atom stereocenters.